The van der Waals surface area contributed by atoms with Gasteiger partial charge in [0.25, 0.3) is 0 Å². The average molecular weight is 1020 g/mol. The van der Waals surface area contributed by atoms with Crippen LogP contribution in [0.1, 0.15) is 95.5 Å². The van der Waals surface area contributed by atoms with Gasteiger partial charge < -0.3 is 30.6 Å². The first-order valence-corrected chi connectivity index (χ1v) is 23.7. The second-order valence-corrected chi connectivity index (χ2v) is 17.9. The normalized spacial score (nSPS) is 10.9. The van der Waals surface area contributed by atoms with Crippen LogP contribution in [-0.4, -0.2) is 66.5 Å². The molecule has 0 bridgehead atoms. The van der Waals surface area contributed by atoms with Crippen molar-refractivity contribution >= 4 is 35.8 Å². The fourth-order valence-electron chi connectivity index (χ4n) is 9.01. The van der Waals surface area contributed by atoms with Gasteiger partial charge in [-0.05, 0) is 176 Å². The Balaban J connectivity index is 1.30. The molecule has 1 aliphatic carbocycles. The summed E-state index contributed by atoms with van der Waals surface area (Å²) in [5.74, 6) is 13.4. The molecule has 9 aromatic carbocycles. The number of fused-ring (bicyclic) bond motifs is 3. The lowest BCUT2D eigenvalue weighted by molar-refractivity contribution is 0.0686. The molecule has 9 aromatic rings. The molecular weight excluding hydrogens is 985 g/mol. The van der Waals surface area contributed by atoms with Crippen LogP contribution in [0, 0.1) is 35.5 Å². The third-order valence-electron chi connectivity index (χ3n) is 13.1. The Kier molecular flexibility index (Phi) is 13.3. The molecule has 0 radical (unpaired) electrons. The number of benzene rings is 9. The zero-order chi connectivity index (χ0) is 54.8. The van der Waals surface area contributed by atoms with Crippen molar-refractivity contribution in [3.05, 3.63) is 249 Å². The van der Waals surface area contributed by atoms with Gasteiger partial charge in [-0.3, -0.25) is 0 Å². The second-order valence-electron chi connectivity index (χ2n) is 17.9. The maximum absolute atomic E-state index is 12.0. The van der Waals surface area contributed by atoms with E-state index in [-0.39, 0.29) is 33.4 Å². The molecule has 0 aliphatic heterocycles. The van der Waals surface area contributed by atoms with Crippen LogP contribution in [0.25, 0.3) is 66.8 Å². The van der Waals surface area contributed by atoms with Gasteiger partial charge in [0, 0.05) is 33.4 Å². The summed E-state index contributed by atoms with van der Waals surface area (Å²) in [4.78, 5) is 71.8. The van der Waals surface area contributed by atoms with Gasteiger partial charge in [0.2, 0.25) is 0 Å². The Bertz CT molecular complexity index is 3510. The van der Waals surface area contributed by atoms with E-state index in [2.05, 4.69) is 35.5 Å². The number of hydrogen-bond donors (Lipinski definition) is 6. The molecule has 0 saturated carbocycles. The van der Waals surface area contributed by atoms with Gasteiger partial charge in [-0.25, -0.2) is 28.8 Å². The van der Waals surface area contributed by atoms with E-state index in [1.165, 1.54) is 72.8 Å². The Labute approximate surface area is 444 Å². The number of carbonyl (C=O) groups is 6. The minimum absolute atomic E-state index is 0.0580. The summed E-state index contributed by atoms with van der Waals surface area (Å²) in [5.41, 5.74) is 10.3. The maximum atomic E-state index is 12.0. The van der Waals surface area contributed by atoms with E-state index >= 15 is 0 Å². The molecule has 1 aliphatic rings. The number of carboxylic acids is 6. The second kappa shape index (κ2) is 20.8. The topological polar surface area (TPSA) is 224 Å². The highest BCUT2D eigenvalue weighted by Gasteiger charge is 2.19. The summed E-state index contributed by atoms with van der Waals surface area (Å²) in [6.45, 7) is 0. The highest BCUT2D eigenvalue weighted by atomic mass is 16.4. The molecule has 0 atom stereocenters. The molecule has 0 aromatic heterocycles. The molecule has 6 N–H and O–H groups in total. The van der Waals surface area contributed by atoms with Crippen molar-refractivity contribution in [1.82, 2.24) is 0 Å². The molecule has 372 valence electrons. The summed E-state index contributed by atoms with van der Waals surface area (Å²) >= 11 is 0. The van der Waals surface area contributed by atoms with Crippen molar-refractivity contribution in [2.75, 3.05) is 0 Å². The molecule has 0 fully saturated rings. The van der Waals surface area contributed by atoms with Crippen LogP contribution < -0.4 is 0 Å². The Morgan fingerprint density at radius 2 is 0.321 bits per heavy atom. The number of rotatable bonds is 12. The predicted octanol–water partition coefficient (Wildman–Crippen LogP) is 12.4. The van der Waals surface area contributed by atoms with Gasteiger partial charge >= 0.3 is 35.8 Å². The first-order chi connectivity index (χ1) is 37.6. The highest BCUT2D eigenvalue weighted by Crippen LogP contribution is 2.39. The van der Waals surface area contributed by atoms with E-state index in [9.17, 15) is 59.4 Å². The van der Waals surface area contributed by atoms with E-state index in [4.69, 9.17) is 0 Å². The van der Waals surface area contributed by atoms with Gasteiger partial charge in [-0.1, -0.05) is 108 Å². The lowest BCUT2D eigenvalue weighted by atomic mass is 9.87. The lowest BCUT2D eigenvalue weighted by Gasteiger charge is -2.15. The Hall–Kier alpha value is -11.5. The number of carboxylic acid groups (broad SMARTS) is 6. The molecular formula is C66H36O12. The van der Waals surface area contributed by atoms with E-state index in [1.54, 1.807) is 72.8 Å². The molecule has 0 amide bonds. The molecule has 10 rings (SSSR count). The summed E-state index contributed by atoms with van der Waals surface area (Å²) in [6, 6.07) is 48.7. The minimum Gasteiger partial charge on any atom is -0.478 e. The lowest BCUT2D eigenvalue weighted by Crippen LogP contribution is -1.99. The number of aromatic carboxylic acids is 6. The molecule has 78 heavy (non-hydrogen) atoms. The van der Waals surface area contributed by atoms with Crippen molar-refractivity contribution in [3.63, 3.8) is 0 Å². The monoisotopic (exact) mass is 1020 g/mol. The van der Waals surface area contributed by atoms with E-state index in [0.717, 1.165) is 0 Å². The first kappa shape index (κ1) is 50.0. The zero-order valence-corrected chi connectivity index (χ0v) is 40.5. The van der Waals surface area contributed by atoms with Crippen LogP contribution in [0.4, 0.5) is 0 Å². The van der Waals surface area contributed by atoms with Crippen LogP contribution >= 0.6 is 0 Å². The summed E-state index contributed by atoms with van der Waals surface area (Å²) < 4.78 is 0. The molecule has 12 nitrogen and oxygen atoms in total. The van der Waals surface area contributed by atoms with Crippen LogP contribution in [0.3, 0.4) is 0 Å². The minimum atomic E-state index is -1.12. The molecule has 0 unspecified atom stereocenters. The zero-order valence-electron chi connectivity index (χ0n) is 40.5. The third kappa shape index (κ3) is 10.2. The summed E-state index contributed by atoms with van der Waals surface area (Å²) in [7, 11) is 0. The summed E-state index contributed by atoms with van der Waals surface area (Å²) in [5, 5.41) is 58.7. The average Bonchev–Trinajstić information content (AvgIpc) is 3.61. The molecule has 0 saturated heterocycles. The van der Waals surface area contributed by atoms with Crippen molar-refractivity contribution in [3.8, 4) is 102 Å². The first-order valence-electron chi connectivity index (χ1n) is 23.7. The van der Waals surface area contributed by atoms with Crippen LogP contribution in [0.2, 0.25) is 0 Å². The standard InChI is InChI=1S/C66H36O12/c67-61(68)43-13-1-37(2-14-43)55-31-49-25-26-51-33-57(39-5-17-45(18-6-39)63(71)72)59(41-9-21-47(22-10-41)65(75)76)35-53(51)29-30-54-36-60(42-11-23-48(24-12-42)66(77)78)58(40-7-19-46(20-8-40)64(73)74)34-52(54)28-27-50(49)32-56(55)38-3-15-44(16-4-38)62(69)70/h1-24,31-36H,(H,67,68)(H,69,70)(H,71,72)(H,73,74)(H,75,76)(H,77,78). The van der Waals surface area contributed by atoms with Crippen molar-refractivity contribution in [2.24, 2.45) is 0 Å². The highest BCUT2D eigenvalue weighted by molar-refractivity contribution is 5.96. The predicted molar refractivity (Wildman–Crippen MR) is 292 cm³/mol. The van der Waals surface area contributed by atoms with E-state index < -0.39 is 35.8 Å². The van der Waals surface area contributed by atoms with Gasteiger partial charge in [-0.15, -0.1) is 0 Å². The van der Waals surface area contributed by atoms with Crippen molar-refractivity contribution < 1.29 is 59.4 Å². The fraction of sp³-hybridized carbons (Fsp3) is 0. The van der Waals surface area contributed by atoms with Gasteiger partial charge in [0.05, 0.1) is 33.4 Å². The Morgan fingerprint density at radius 1 is 0.205 bits per heavy atom. The van der Waals surface area contributed by atoms with Gasteiger partial charge in [0.15, 0.2) is 0 Å². The van der Waals surface area contributed by atoms with Crippen molar-refractivity contribution in [1.29, 1.82) is 0 Å². The quantitative estimate of drug-likeness (QED) is 0.0629. The SMILES string of the molecule is O=C(O)c1ccc(-c2cc3c(cc2-c2ccc(C(=O)O)cc2)C#Cc2cc(-c4ccc(C(=O)O)cc4)c(-c4ccc(C(=O)O)cc4)cc2C#Cc2cc(-c4ccc(C(=O)O)cc4)c(-c4ccc(C(=O)O)cc4)cc2C#C3)cc1. The van der Waals surface area contributed by atoms with Crippen LogP contribution in [0.15, 0.2) is 182 Å². The maximum Gasteiger partial charge on any atom is 0.335 e. The molecule has 0 spiro atoms. The van der Waals surface area contributed by atoms with Gasteiger partial charge in [-0.2, -0.15) is 0 Å². The molecule has 12 heteroatoms. The number of hydrogen-bond acceptors (Lipinski definition) is 6. The summed E-state index contributed by atoms with van der Waals surface area (Å²) in [6.07, 6.45) is 0. The fourth-order valence-corrected chi connectivity index (χ4v) is 9.01. The smallest absolute Gasteiger partial charge is 0.335 e. The van der Waals surface area contributed by atoms with Gasteiger partial charge in [0.1, 0.15) is 0 Å². The largest absolute Gasteiger partial charge is 0.478 e. The Morgan fingerprint density at radius 3 is 0.423 bits per heavy atom. The van der Waals surface area contributed by atoms with E-state index in [1.807, 2.05) is 36.4 Å². The molecule has 0 heterocycles. The van der Waals surface area contributed by atoms with Crippen LogP contribution in [-0.2, 0) is 0 Å². The van der Waals surface area contributed by atoms with Crippen molar-refractivity contribution in [2.45, 2.75) is 0 Å². The van der Waals surface area contributed by atoms with E-state index in [0.29, 0.717) is 100 Å². The third-order valence-corrected chi connectivity index (χ3v) is 13.1. The van der Waals surface area contributed by atoms with Crippen LogP contribution in [0.5, 0.6) is 0 Å².